The van der Waals surface area contributed by atoms with E-state index in [2.05, 4.69) is 5.16 Å². The highest BCUT2D eigenvalue weighted by Crippen LogP contribution is 2.03. The summed E-state index contributed by atoms with van der Waals surface area (Å²) >= 11 is 0. The number of hydrogen-bond donors (Lipinski definition) is 0. The molecular weight excluding hydrogens is 180 g/mol. The normalized spacial score (nSPS) is 10.4. The first kappa shape index (κ1) is 8.74. The molecule has 14 heavy (non-hydrogen) atoms. The van der Waals surface area contributed by atoms with Crippen molar-refractivity contribution in [3.63, 3.8) is 0 Å². The molecular formula is C10H10N2O2. The fourth-order valence-corrected chi connectivity index (χ4v) is 1.22. The molecule has 0 bridgehead atoms. The van der Waals surface area contributed by atoms with Gasteiger partial charge >= 0.3 is 0 Å². The minimum Gasteiger partial charge on any atom is -0.359 e. The SMILES string of the molecule is Cc1cc(Cn2ccc(=O)cc2)on1. The van der Waals surface area contributed by atoms with Gasteiger partial charge in [-0.2, -0.15) is 0 Å². The molecule has 0 saturated carbocycles. The van der Waals surface area contributed by atoms with E-state index in [-0.39, 0.29) is 5.43 Å². The van der Waals surface area contributed by atoms with Crippen molar-refractivity contribution in [1.29, 1.82) is 0 Å². The Labute approximate surface area is 80.8 Å². The Morgan fingerprint density at radius 3 is 2.71 bits per heavy atom. The molecule has 2 aromatic heterocycles. The summed E-state index contributed by atoms with van der Waals surface area (Å²) in [7, 11) is 0. The van der Waals surface area contributed by atoms with Gasteiger partial charge in [0.1, 0.15) is 0 Å². The highest BCUT2D eigenvalue weighted by molar-refractivity contribution is 5.04. The summed E-state index contributed by atoms with van der Waals surface area (Å²) in [5, 5.41) is 3.78. The highest BCUT2D eigenvalue weighted by atomic mass is 16.5. The molecule has 0 saturated heterocycles. The maximum absolute atomic E-state index is 10.8. The fraction of sp³-hybridized carbons (Fsp3) is 0.200. The van der Waals surface area contributed by atoms with E-state index in [1.54, 1.807) is 12.4 Å². The zero-order valence-electron chi connectivity index (χ0n) is 7.80. The quantitative estimate of drug-likeness (QED) is 0.714. The van der Waals surface area contributed by atoms with E-state index in [4.69, 9.17) is 4.52 Å². The summed E-state index contributed by atoms with van der Waals surface area (Å²) in [6.07, 6.45) is 3.44. The Morgan fingerprint density at radius 2 is 2.14 bits per heavy atom. The lowest BCUT2D eigenvalue weighted by molar-refractivity contribution is 0.372. The minimum atomic E-state index is 0.00926. The van der Waals surface area contributed by atoms with Gasteiger partial charge < -0.3 is 9.09 Å². The van der Waals surface area contributed by atoms with Crippen molar-refractivity contribution < 1.29 is 4.52 Å². The third-order valence-corrected chi connectivity index (χ3v) is 1.88. The summed E-state index contributed by atoms with van der Waals surface area (Å²) in [6.45, 7) is 2.47. The van der Waals surface area contributed by atoms with Crippen molar-refractivity contribution in [2.24, 2.45) is 0 Å². The van der Waals surface area contributed by atoms with Gasteiger partial charge in [-0.3, -0.25) is 4.79 Å². The van der Waals surface area contributed by atoms with Crippen LogP contribution >= 0.6 is 0 Å². The predicted octanol–water partition coefficient (Wildman–Crippen LogP) is 1.19. The minimum absolute atomic E-state index is 0.00926. The van der Waals surface area contributed by atoms with Crippen LogP contribution in [0, 0.1) is 6.92 Å². The standard InChI is InChI=1S/C10H10N2O2/c1-8-6-10(14-11-8)7-12-4-2-9(13)3-5-12/h2-6H,7H2,1H3. The van der Waals surface area contributed by atoms with Gasteiger partial charge in [0.15, 0.2) is 11.2 Å². The van der Waals surface area contributed by atoms with E-state index in [1.807, 2.05) is 17.6 Å². The molecule has 0 amide bonds. The first-order valence-electron chi connectivity index (χ1n) is 4.32. The molecule has 2 heterocycles. The molecule has 72 valence electrons. The predicted molar refractivity (Wildman–Crippen MR) is 51.0 cm³/mol. The molecule has 0 aliphatic heterocycles. The maximum Gasteiger partial charge on any atom is 0.181 e. The van der Waals surface area contributed by atoms with Crippen LogP contribution < -0.4 is 5.43 Å². The molecule has 0 radical (unpaired) electrons. The summed E-state index contributed by atoms with van der Waals surface area (Å²) in [6, 6.07) is 4.91. The Kier molecular flexibility index (Phi) is 2.18. The lowest BCUT2D eigenvalue weighted by Gasteiger charge is -2.00. The molecule has 0 spiro atoms. The van der Waals surface area contributed by atoms with Crippen LogP contribution in [0.15, 0.2) is 39.9 Å². The van der Waals surface area contributed by atoms with Gasteiger partial charge in [-0.1, -0.05) is 5.16 Å². The second kappa shape index (κ2) is 3.49. The molecule has 2 rings (SSSR count). The number of aromatic nitrogens is 2. The van der Waals surface area contributed by atoms with Crippen molar-refractivity contribution >= 4 is 0 Å². The maximum atomic E-state index is 10.8. The van der Waals surface area contributed by atoms with Crippen LogP contribution in [0.25, 0.3) is 0 Å². The molecule has 4 heteroatoms. The van der Waals surface area contributed by atoms with E-state index in [0.29, 0.717) is 6.54 Å². The topological polar surface area (TPSA) is 48.0 Å². The lowest BCUT2D eigenvalue weighted by Crippen LogP contribution is -2.03. The van der Waals surface area contributed by atoms with Crippen LogP contribution in [0.5, 0.6) is 0 Å². The van der Waals surface area contributed by atoms with E-state index in [0.717, 1.165) is 11.5 Å². The molecule has 4 nitrogen and oxygen atoms in total. The van der Waals surface area contributed by atoms with Gasteiger partial charge in [-0.25, -0.2) is 0 Å². The molecule has 0 fully saturated rings. The third-order valence-electron chi connectivity index (χ3n) is 1.88. The van der Waals surface area contributed by atoms with Crippen LogP contribution in [-0.2, 0) is 6.54 Å². The number of rotatable bonds is 2. The number of aryl methyl sites for hydroxylation is 1. The fourth-order valence-electron chi connectivity index (χ4n) is 1.22. The monoisotopic (exact) mass is 190 g/mol. The second-order valence-corrected chi connectivity index (χ2v) is 3.14. The van der Waals surface area contributed by atoms with Gasteiger partial charge in [-0.05, 0) is 6.92 Å². The van der Waals surface area contributed by atoms with Gasteiger partial charge in [0.25, 0.3) is 0 Å². The first-order valence-corrected chi connectivity index (χ1v) is 4.32. The largest absolute Gasteiger partial charge is 0.359 e. The average molecular weight is 190 g/mol. The van der Waals surface area contributed by atoms with Crippen LogP contribution in [0.2, 0.25) is 0 Å². The molecule has 2 aromatic rings. The Balaban J connectivity index is 2.19. The Hall–Kier alpha value is -1.84. The first-order chi connectivity index (χ1) is 6.74. The van der Waals surface area contributed by atoms with Crippen molar-refractivity contribution in [3.8, 4) is 0 Å². The van der Waals surface area contributed by atoms with Gasteiger partial charge in [-0.15, -0.1) is 0 Å². The number of pyridine rings is 1. The molecule has 0 aliphatic carbocycles. The Bertz CT molecular complexity index is 464. The highest BCUT2D eigenvalue weighted by Gasteiger charge is 1.99. The van der Waals surface area contributed by atoms with E-state index >= 15 is 0 Å². The summed E-state index contributed by atoms with van der Waals surface area (Å²) in [5.41, 5.74) is 0.871. The molecule has 0 aliphatic rings. The van der Waals surface area contributed by atoms with Gasteiger partial charge in [0.05, 0.1) is 12.2 Å². The second-order valence-electron chi connectivity index (χ2n) is 3.14. The molecule has 0 N–H and O–H groups in total. The number of nitrogens with zero attached hydrogens (tertiary/aromatic N) is 2. The average Bonchev–Trinajstić information content (AvgIpc) is 2.56. The zero-order chi connectivity index (χ0) is 9.97. The van der Waals surface area contributed by atoms with Crippen LogP contribution in [0.1, 0.15) is 11.5 Å². The van der Waals surface area contributed by atoms with Gasteiger partial charge in [0, 0.05) is 30.6 Å². The smallest absolute Gasteiger partial charge is 0.181 e. The van der Waals surface area contributed by atoms with Crippen LogP contribution in [0.4, 0.5) is 0 Å². The summed E-state index contributed by atoms with van der Waals surface area (Å²) < 4.78 is 6.91. The molecule has 0 unspecified atom stereocenters. The molecule has 0 atom stereocenters. The van der Waals surface area contributed by atoms with Crippen molar-refractivity contribution in [1.82, 2.24) is 9.72 Å². The van der Waals surface area contributed by atoms with Crippen LogP contribution in [-0.4, -0.2) is 9.72 Å². The summed E-state index contributed by atoms with van der Waals surface area (Å²) in [5.74, 6) is 0.783. The lowest BCUT2D eigenvalue weighted by atomic mass is 10.3. The van der Waals surface area contributed by atoms with Crippen molar-refractivity contribution in [3.05, 3.63) is 52.3 Å². The Morgan fingerprint density at radius 1 is 1.43 bits per heavy atom. The van der Waals surface area contributed by atoms with Gasteiger partial charge in [0.2, 0.25) is 0 Å². The van der Waals surface area contributed by atoms with E-state index in [1.165, 1.54) is 12.1 Å². The number of hydrogen-bond acceptors (Lipinski definition) is 3. The summed E-state index contributed by atoms with van der Waals surface area (Å²) in [4.78, 5) is 10.8. The third kappa shape index (κ3) is 1.90. The molecule has 0 aromatic carbocycles. The zero-order valence-corrected chi connectivity index (χ0v) is 7.80. The van der Waals surface area contributed by atoms with Crippen LogP contribution in [0.3, 0.4) is 0 Å². The van der Waals surface area contributed by atoms with E-state index < -0.39 is 0 Å². The van der Waals surface area contributed by atoms with E-state index in [9.17, 15) is 4.79 Å². The van der Waals surface area contributed by atoms with Crippen molar-refractivity contribution in [2.75, 3.05) is 0 Å². The van der Waals surface area contributed by atoms with Crippen molar-refractivity contribution in [2.45, 2.75) is 13.5 Å².